The third-order valence-electron chi connectivity index (χ3n) is 5.21. The van der Waals surface area contributed by atoms with Crippen LogP contribution < -0.4 is 10.1 Å². The highest BCUT2D eigenvalue weighted by molar-refractivity contribution is 6.32. The molecule has 3 aromatic rings. The number of nitrogens with one attached hydrogen (secondary N) is 2. The van der Waals surface area contributed by atoms with E-state index >= 15 is 0 Å². The third-order valence-corrected chi connectivity index (χ3v) is 5.81. The number of carbonyl (C=O) groups excluding carboxylic acids is 2. The number of halogens is 1. The van der Waals surface area contributed by atoms with E-state index in [1.807, 2.05) is 50.2 Å². The minimum Gasteiger partial charge on any atom is -0.494 e. The number of fused-ring (bicyclic) bond motifs is 1. The highest BCUT2D eigenvalue weighted by Gasteiger charge is 2.17. The van der Waals surface area contributed by atoms with E-state index in [2.05, 4.69) is 10.3 Å². The molecule has 0 saturated carbocycles. The molecule has 0 aliphatic rings. The SMILES string of the molecule is CCOC(=O)CCNC(=O)c1[nH]c2ccccc2c1CCCOc1cc(C)c(Cl)c(C)c1. The normalized spacial score (nSPS) is 10.9. The van der Waals surface area contributed by atoms with Crippen LogP contribution in [0.3, 0.4) is 0 Å². The fourth-order valence-electron chi connectivity index (χ4n) is 3.68. The van der Waals surface area contributed by atoms with Crippen molar-refractivity contribution in [2.45, 2.75) is 40.0 Å². The number of amides is 1. The van der Waals surface area contributed by atoms with Crippen LogP contribution in [-0.4, -0.2) is 36.6 Å². The van der Waals surface area contributed by atoms with Gasteiger partial charge in [-0.05, 0) is 68.5 Å². The van der Waals surface area contributed by atoms with Crippen LogP contribution >= 0.6 is 11.6 Å². The Bertz CT molecular complexity index is 1080. The number of carbonyl (C=O) groups is 2. The summed E-state index contributed by atoms with van der Waals surface area (Å²) >= 11 is 6.23. The fraction of sp³-hybridized carbons (Fsp3) is 0.360. The molecule has 3 rings (SSSR count). The summed E-state index contributed by atoms with van der Waals surface area (Å²) in [6.07, 6.45) is 1.56. The van der Waals surface area contributed by atoms with Crippen LogP contribution in [0.15, 0.2) is 36.4 Å². The molecule has 1 aromatic heterocycles. The molecule has 7 heteroatoms. The van der Waals surface area contributed by atoms with Crippen molar-refractivity contribution in [3.63, 3.8) is 0 Å². The van der Waals surface area contributed by atoms with E-state index in [1.54, 1.807) is 6.92 Å². The van der Waals surface area contributed by atoms with Gasteiger partial charge in [-0.3, -0.25) is 9.59 Å². The predicted octanol–water partition coefficient (Wildman–Crippen LogP) is 5.13. The van der Waals surface area contributed by atoms with E-state index in [0.717, 1.165) is 44.8 Å². The first kappa shape index (κ1) is 23.7. The monoisotopic (exact) mass is 456 g/mol. The van der Waals surface area contributed by atoms with Gasteiger partial charge in [-0.25, -0.2) is 0 Å². The van der Waals surface area contributed by atoms with Crippen molar-refractivity contribution >= 4 is 34.4 Å². The summed E-state index contributed by atoms with van der Waals surface area (Å²) in [4.78, 5) is 27.5. The summed E-state index contributed by atoms with van der Waals surface area (Å²) in [5.41, 5.74) is 4.34. The molecule has 2 N–H and O–H groups in total. The lowest BCUT2D eigenvalue weighted by molar-refractivity contribution is -0.142. The number of aromatic amines is 1. The number of aromatic nitrogens is 1. The van der Waals surface area contributed by atoms with Gasteiger partial charge in [0.1, 0.15) is 11.4 Å². The maximum atomic E-state index is 12.8. The molecular formula is C25H29ClN2O4. The van der Waals surface area contributed by atoms with Gasteiger partial charge in [0.2, 0.25) is 0 Å². The Kier molecular flexibility index (Phi) is 8.17. The zero-order chi connectivity index (χ0) is 23.1. The maximum Gasteiger partial charge on any atom is 0.307 e. The zero-order valence-electron chi connectivity index (χ0n) is 18.7. The Labute approximate surface area is 193 Å². The summed E-state index contributed by atoms with van der Waals surface area (Å²) in [6, 6.07) is 11.7. The smallest absolute Gasteiger partial charge is 0.307 e. The lowest BCUT2D eigenvalue weighted by Gasteiger charge is -2.10. The van der Waals surface area contributed by atoms with E-state index < -0.39 is 0 Å². The molecule has 0 spiro atoms. The van der Waals surface area contributed by atoms with E-state index in [0.29, 0.717) is 25.3 Å². The average Bonchev–Trinajstić information content (AvgIpc) is 3.14. The number of para-hydroxylation sites is 1. The van der Waals surface area contributed by atoms with Gasteiger partial charge in [-0.2, -0.15) is 0 Å². The number of hydrogen-bond donors (Lipinski definition) is 2. The second-order valence-electron chi connectivity index (χ2n) is 7.66. The molecule has 1 heterocycles. The first-order chi connectivity index (χ1) is 15.4. The Morgan fingerprint density at radius 2 is 1.84 bits per heavy atom. The Morgan fingerprint density at radius 1 is 1.12 bits per heavy atom. The molecule has 2 aromatic carbocycles. The molecule has 0 aliphatic heterocycles. The summed E-state index contributed by atoms with van der Waals surface area (Å²) < 4.78 is 10.8. The molecule has 170 valence electrons. The minimum absolute atomic E-state index is 0.142. The van der Waals surface area contributed by atoms with E-state index in [4.69, 9.17) is 21.1 Å². The predicted molar refractivity (Wildman–Crippen MR) is 127 cm³/mol. The Hall–Kier alpha value is -2.99. The van der Waals surface area contributed by atoms with Crippen molar-refractivity contribution in [3.8, 4) is 5.75 Å². The lowest BCUT2D eigenvalue weighted by atomic mass is 10.1. The highest BCUT2D eigenvalue weighted by atomic mass is 35.5. The van der Waals surface area contributed by atoms with Gasteiger partial charge in [0.15, 0.2) is 0 Å². The van der Waals surface area contributed by atoms with Gasteiger partial charge < -0.3 is 19.8 Å². The fourth-order valence-corrected chi connectivity index (χ4v) is 3.79. The topological polar surface area (TPSA) is 80.4 Å². The van der Waals surface area contributed by atoms with Crippen molar-refractivity contribution in [1.29, 1.82) is 0 Å². The number of esters is 1. The van der Waals surface area contributed by atoms with Crippen molar-refractivity contribution in [3.05, 3.63) is 63.8 Å². The van der Waals surface area contributed by atoms with Crippen LogP contribution in [0, 0.1) is 13.8 Å². The molecule has 0 saturated heterocycles. The highest BCUT2D eigenvalue weighted by Crippen LogP contribution is 2.27. The molecular weight excluding hydrogens is 428 g/mol. The molecule has 0 atom stereocenters. The first-order valence-electron chi connectivity index (χ1n) is 10.8. The van der Waals surface area contributed by atoms with Crippen molar-refractivity contribution < 1.29 is 19.1 Å². The molecule has 6 nitrogen and oxygen atoms in total. The Morgan fingerprint density at radius 3 is 2.56 bits per heavy atom. The number of hydrogen-bond acceptors (Lipinski definition) is 4. The zero-order valence-corrected chi connectivity index (χ0v) is 19.5. The van der Waals surface area contributed by atoms with Crippen molar-refractivity contribution in [2.75, 3.05) is 19.8 Å². The maximum absolute atomic E-state index is 12.8. The van der Waals surface area contributed by atoms with Crippen molar-refractivity contribution in [1.82, 2.24) is 10.3 Å². The number of H-pyrrole nitrogens is 1. The van der Waals surface area contributed by atoms with Crippen LogP contribution in [0.2, 0.25) is 5.02 Å². The van der Waals surface area contributed by atoms with Gasteiger partial charge in [0.05, 0.1) is 19.6 Å². The van der Waals surface area contributed by atoms with E-state index in [-0.39, 0.29) is 24.8 Å². The second-order valence-corrected chi connectivity index (χ2v) is 8.04. The molecule has 0 unspecified atom stereocenters. The second kappa shape index (κ2) is 11.0. The van der Waals surface area contributed by atoms with Gasteiger partial charge in [-0.15, -0.1) is 0 Å². The van der Waals surface area contributed by atoms with Crippen LogP contribution in [-0.2, 0) is 16.0 Å². The van der Waals surface area contributed by atoms with Gasteiger partial charge >= 0.3 is 5.97 Å². The average molecular weight is 457 g/mol. The number of rotatable bonds is 10. The van der Waals surface area contributed by atoms with Gasteiger partial charge in [0.25, 0.3) is 5.91 Å². The Balaban J connectivity index is 1.65. The molecule has 1 amide bonds. The number of ether oxygens (including phenoxy) is 2. The van der Waals surface area contributed by atoms with E-state index in [1.165, 1.54) is 0 Å². The molecule has 0 aliphatic carbocycles. The van der Waals surface area contributed by atoms with Crippen LogP contribution in [0.4, 0.5) is 0 Å². The standard InChI is InChI=1S/C25H29ClN2O4/c1-4-31-22(29)11-12-27-25(30)24-20(19-8-5-6-10-21(19)28-24)9-7-13-32-18-14-16(2)23(26)17(3)15-18/h5-6,8,10,14-15,28H,4,7,9,11-13H2,1-3H3,(H,27,30). The summed E-state index contributed by atoms with van der Waals surface area (Å²) in [7, 11) is 0. The van der Waals surface area contributed by atoms with Gasteiger partial charge in [0, 0.05) is 22.5 Å². The van der Waals surface area contributed by atoms with Gasteiger partial charge in [-0.1, -0.05) is 29.8 Å². The molecule has 0 radical (unpaired) electrons. The first-order valence-corrected chi connectivity index (χ1v) is 11.2. The molecule has 0 bridgehead atoms. The number of benzene rings is 2. The molecule has 32 heavy (non-hydrogen) atoms. The van der Waals surface area contributed by atoms with Crippen LogP contribution in [0.1, 0.15) is 46.9 Å². The quantitative estimate of drug-likeness (QED) is 0.327. The third kappa shape index (κ3) is 5.82. The largest absolute Gasteiger partial charge is 0.494 e. The number of aryl methyl sites for hydroxylation is 3. The minimum atomic E-state index is -0.325. The van der Waals surface area contributed by atoms with Crippen LogP contribution in [0.25, 0.3) is 10.9 Å². The summed E-state index contributed by atoms with van der Waals surface area (Å²) in [5.74, 6) is 0.236. The summed E-state index contributed by atoms with van der Waals surface area (Å²) in [6.45, 7) is 6.75. The summed E-state index contributed by atoms with van der Waals surface area (Å²) in [5, 5.41) is 4.58. The lowest BCUT2D eigenvalue weighted by Crippen LogP contribution is -2.27. The van der Waals surface area contributed by atoms with Crippen molar-refractivity contribution in [2.24, 2.45) is 0 Å². The van der Waals surface area contributed by atoms with E-state index in [9.17, 15) is 9.59 Å². The van der Waals surface area contributed by atoms with Crippen LogP contribution in [0.5, 0.6) is 5.75 Å². The molecule has 0 fully saturated rings.